The molecule has 0 aliphatic carbocycles. The van der Waals surface area contributed by atoms with Gasteiger partial charge in [-0.15, -0.1) is 0 Å². The summed E-state index contributed by atoms with van der Waals surface area (Å²) in [6, 6.07) is 3.11. The summed E-state index contributed by atoms with van der Waals surface area (Å²) < 4.78 is 48.2. The molecule has 1 aromatic carbocycles. The first-order valence-electron chi connectivity index (χ1n) is 8.76. The van der Waals surface area contributed by atoms with Crippen molar-refractivity contribution < 1.29 is 27.4 Å². The smallest absolute Gasteiger partial charge is 0.350 e. The molecule has 2 atom stereocenters. The molecule has 0 fully saturated rings. The number of hydrogen-bond donors (Lipinski definition) is 1. The highest BCUT2D eigenvalue weighted by Crippen LogP contribution is 2.25. The Morgan fingerprint density at radius 1 is 1.23 bits per heavy atom. The molecule has 0 unspecified atom stereocenters. The van der Waals surface area contributed by atoms with Crippen molar-refractivity contribution in [3.8, 4) is 5.88 Å². The molecular weight excluding hydrogens is 425 g/mol. The molecule has 0 amide bonds. The number of nitro groups is 2. The van der Waals surface area contributed by atoms with Crippen LogP contribution in [0.15, 0.2) is 35.4 Å². The van der Waals surface area contributed by atoms with Gasteiger partial charge in [-0.25, -0.2) is 22.2 Å². The van der Waals surface area contributed by atoms with Crippen molar-refractivity contribution in [1.82, 2.24) is 14.5 Å². The monoisotopic (exact) mass is 445 g/mol. The third kappa shape index (κ3) is 5.48. The summed E-state index contributed by atoms with van der Waals surface area (Å²) in [5.41, 5.74) is -0.635. The lowest BCUT2D eigenvalue weighted by Gasteiger charge is -2.21. The van der Waals surface area contributed by atoms with E-state index in [2.05, 4.69) is 9.82 Å². The second-order valence-corrected chi connectivity index (χ2v) is 7.97. The van der Waals surface area contributed by atoms with E-state index in [0.717, 1.165) is 35.1 Å². The largest absolute Gasteiger partial charge is 0.473 e. The fourth-order valence-electron chi connectivity index (χ4n) is 2.60. The molecule has 0 aliphatic heterocycles. The zero-order valence-electron chi connectivity index (χ0n) is 16.1. The zero-order chi connectivity index (χ0) is 22.5. The number of ether oxygens (including phenoxy) is 1. The van der Waals surface area contributed by atoms with Crippen LogP contribution in [0.25, 0.3) is 0 Å². The molecule has 164 valence electrons. The van der Waals surface area contributed by atoms with Crippen molar-refractivity contribution in [1.29, 1.82) is 0 Å². The van der Waals surface area contributed by atoms with Crippen molar-refractivity contribution in [2.45, 2.75) is 36.9 Å². The van der Waals surface area contributed by atoms with Crippen LogP contribution in [0.1, 0.15) is 19.8 Å². The number of halogens is 1. The molecular formula is C16H20FN5O7S. The van der Waals surface area contributed by atoms with Gasteiger partial charge in [-0.1, -0.05) is 6.92 Å². The highest BCUT2D eigenvalue weighted by molar-refractivity contribution is 7.89. The number of sulfonamides is 1. The molecule has 0 radical (unpaired) electrons. The van der Waals surface area contributed by atoms with E-state index in [1.165, 1.54) is 7.05 Å². The van der Waals surface area contributed by atoms with Crippen molar-refractivity contribution in [3.63, 3.8) is 0 Å². The third-order valence-electron chi connectivity index (χ3n) is 4.24. The summed E-state index contributed by atoms with van der Waals surface area (Å²) in [4.78, 5) is 20.0. The van der Waals surface area contributed by atoms with Crippen molar-refractivity contribution in [2.75, 3.05) is 6.61 Å². The minimum Gasteiger partial charge on any atom is -0.473 e. The third-order valence-corrected chi connectivity index (χ3v) is 5.74. The molecule has 12 nitrogen and oxygen atoms in total. The Kier molecular flexibility index (Phi) is 7.39. The zero-order valence-corrected chi connectivity index (χ0v) is 16.9. The van der Waals surface area contributed by atoms with Crippen molar-refractivity contribution in [2.24, 2.45) is 7.05 Å². The number of nitrogens with zero attached hydrogens (tertiary/aromatic N) is 4. The Morgan fingerprint density at radius 2 is 1.87 bits per heavy atom. The molecule has 0 saturated carbocycles. The summed E-state index contributed by atoms with van der Waals surface area (Å²) in [6.45, 7) is 1.35. The van der Waals surface area contributed by atoms with Gasteiger partial charge < -0.3 is 4.74 Å². The van der Waals surface area contributed by atoms with Gasteiger partial charge in [0, 0.05) is 25.6 Å². The molecule has 1 aromatic heterocycles. The van der Waals surface area contributed by atoms with E-state index in [4.69, 9.17) is 4.74 Å². The first-order valence-corrected chi connectivity index (χ1v) is 10.2. The van der Waals surface area contributed by atoms with Crippen LogP contribution in [0, 0.1) is 20.2 Å². The van der Waals surface area contributed by atoms with Crippen LogP contribution in [0.3, 0.4) is 0 Å². The highest BCUT2D eigenvalue weighted by atomic mass is 32.2. The summed E-state index contributed by atoms with van der Waals surface area (Å²) in [7, 11) is -2.68. The SMILES string of the molecule is CC[C@@H](NS(=O)(=O)c1ccc([N+](=O)[O-])cc1)[C@@H](F)CCOc1c([N+](=O)[O-])cnn1C. The average molecular weight is 445 g/mol. The second kappa shape index (κ2) is 9.58. The molecule has 0 spiro atoms. The molecule has 14 heteroatoms. The molecule has 0 saturated heterocycles. The van der Waals surface area contributed by atoms with E-state index in [1.807, 2.05) is 0 Å². The molecule has 30 heavy (non-hydrogen) atoms. The van der Waals surface area contributed by atoms with E-state index in [0.29, 0.717) is 0 Å². The number of rotatable bonds is 11. The predicted octanol–water partition coefficient (Wildman–Crippen LogP) is 2.10. The summed E-state index contributed by atoms with van der Waals surface area (Å²) >= 11 is 0. The van der Waals surface area contributed by atoms with Gasteiger partial charge in [0.1, 0.15) is 12.4 Å². The van der Waals surface area contributed by atoms with Gasteiger partial charge in [0.25, 0.3) is 11.6 Å². The van der Waals surface area contributed by atoms with Gasteiger partial charge in [-0.3, -0.25) is 20.2 Å². The minimum absolute atomic E-state index is 0.124. The Morgan fingerprint density at radius 3 is 2.40 bits per heavy atom. The Labute approximate surface area is 171 Å². The Balaban J connectivity index is 2.00. The molecule has 0 aliphatic rings. The van der Waals surface area contributed by atoms with E-state index < -0.39 is 32.1 Å². The van der Waals surface area contributed by atoms with Crippen LogP contribution in [-0.2, 0) is 17.1 Å². The molecule has 2 aromatic rings. The number of hydrogen-bond acceptors (Lipinski definition) is 8. The van der Waals surface area contributed by atoms with Crippen LogP contribution < -0.4 is 9.46 Å². The van der Waals surface area contributed by atoms with Crippen LogP contribution >= 0.6 is 0 Å². The topological polar surface area (TPSA) is 160 Å². The van der Waals surface area contributed by atoms with Crippen LogP contribution in [0.5, 0.6) is 5.88 Å². The van der Waals surface area contributed by atoms with Gasteiger partial charge in [0.15, 0.2) is 0 Å². The van der Waals surface area contributed by atoms with Gasteiger partial charge in [0.05, 0.1) is 27.4 Å². The maximum absolute atomic E-state index is 14.6. The lowest BCUT2D eigenvalue weighted by Crippen LogP contribution is -2.41. The first kappa shape index (κ1) is 23.2. The summed E-state index contributed by atoms with van der Waals surface area (Å²) in [5, 5.41) is 25.3. The lowest BCUT2D eigenvalue weighted by molar-refractivity contribution is -0.386. The van der Waals surface area contributed by atoms with Crippen molar-refractivity contribution in [3.05, 3.63) is 50.7 Å². The molecule has 0 bridgehead atoms. The molecule has 1 N–H and O–H groups in total. The van der Waals surface area contributed by atoms with Gasteiger partial charge >= 0.3 is 5.69 Å². The maximum Gasteiger partial charge on any atom is 0.350 e. The van der Waals surface area contributed by atoms with Gasteiger partial charge in [-0.05, 0) is 18.6 Å². The normalized spacial score (nSPS) is 13.6. The lowest BCUT2D eigenvalue weighted by atomic mass is 10.1. The number of nitrogens with one attached hydrogen (secondary N) is 1. The number of benzene rings is 1. The van der Waals surface area contributed by atoms with Gasteiger partial charge in [-0.2, -0.15) is 5.10 Å². The number of alkyl halides is 1. The average Bonchev–Trinajstić information content (AvgIpc) is 3.07. The standard InChI is InChI=1S/C16H20FN5O7S/c1-3-14(19-30(27,28)12-6-4-11(5-7-12)21(23)24)13(17)8-9-29-16-15(22(25)26)10-18-20(16)2/h4-7,10,13-14,19H,3,8-9H2,1-2H3/t13-,14+/m0/s1. The fraction of sp³-hybridized carbons (Fsp3) is 0.438. The van der Waals surface area contributed by atoms with E-state index in [1.54, 1.807) is 6.92 Å². The maximum atomic E-state index is 14.6. The van der Waals surface area contributed by atoms with Crippen LogP contribution in [0.2, 0.25) is 0 Å². The predicted molar refractivity (Wildman–Crippen MR) is 102 cm³/mol. The van der Waals surface area contributed by atoms with Gasteiger partial charge in [0.2, 0.25) is 10.0 Å². The number of non-ortho nitro benzene ring substituents is 1. The number of aryl methyl sites for hydroxylation is 1. The molecule has 2 rings (SSSR count). The van der Waals surface area contributed by atoms with E-state index in [9.17, 15) is 33.0 Å². The summed E-state index contributed by atoms with van der Waals surface area (Å²) in [5.74, 6) is -0.133. The van der Waals surface area contributed by atoms with E-state index in [-0.39, 0.29) is 41.6 Å². The number of nitro benzene ring substituents is 1. The Bertz CT molecular complexity index is 1010. The molecule has 1 heterocycles. The van der Waals surface area contributed by atoms with E-state index >= 15 is 0 Å². The second-order valence-electron chi connectivity index (χ2n) is 6.26. The highest BCUT2D eigenvalue weighted by Gasteiger charge is 2.27. The first-order chi connectivity index (χ1) is 14.1. The quantitative estimate of drug-likeness (QED) is 0.406. The fourth-order valence-corrected chi connectivity index (χ4v) is 3.95. The van der Waals surface area contributed by atoms with Crippen molar-refractivity contribution >= 4 is 21.4 Å². The van der Waals surface area contributed by atoms with Crippen LogP contribution in [-0.4, -0.2) is 46.9 Å². The number of aromatic nitrogens is 2. The Hall–Kier alpha value is -3.13. The van der Waals surface area contributed by atoms with Crippen LogP contribution in [0.4, 0.5) is 15.8 Å². The minimum atomic E-state index is -4.11. The summed E-state index contributed by atoms with van der Waals surface area (Å²) in [6.07, 6.45) is -0.742.